The molecular weight excluding hydrogens is 708 g/mol. The van der Waals surface area contributed by atoms with Gasteiger partial charge < -0.3 is 9.47 Å². The van der Waals surface area contributed by atoms with Crippen molar-refractivity contribution >= 4 is 37.5 Å². The zero-order valence-corrected chi connectivity index (χ0v) is 30.0. The third-order valence-corrected chi connectivity index (χ3v) is 11.2. The summed E-state index contributed by atoms with van der Waals surface area (Å²) in [6.07, 6.45) is 5.52. The molecule has 0 saturated carbocycles. The number of hydrogen-bond donors (Lipinski definition) is 0. The van der Waals surface area contributed by atoms with Gasteiger partial charge in [-0.25, -0.2) is 13.4 Å². The number of nitrogens with zero attached hydrogens (tertiary/aromatic N) is 4. The Bertz CT molecular complexity index is 2100. The highest BCUT2D eigenvalue weighted by molar-refractivity contribution is 9.10. The zero-order chi connectivity index (χ0) is 34.7. The highest BCUT2D eigenvalue weighted by Gasteiger charge is 2.39. The maximum atomic E-state index is 14.5. The lowest BCUT2D eigenvalue weighted by molar-refractivity contribution is -0.118. The van der Waals surface area contributed by atoms with E-state index < -0.39 is 21.6 Å². The van der Waals surface area contributed by atoms with Crippen molar-refractivity contribution in [3.8, 4) is 0 Å². The third kappa shape index (κ3) is 6.68. The van der Waals surface area contributed by atoms with Crippen molar-refractivity contribution in [1.29, 1.82) is 0 Å². The third-order valence-electron chi connectivity index (χ3n) is 9.43. The molecule has 1 atom stereocenters. The minimum atomic E-state index is -3.61. The van der Waals surface area contributed by atoms with E-state index >= 15 is 0 Å². The van der Waals surface area contributed by atoms with E-state index in [0.717, 1.165) is 32.3 Å². The van der Waals surface area contributed by atoms with E-state index in [1.165, 1.54) is 10.6 Å². The predicted octanol–water partition coefficient (Wildman–Crippen LogP) is 7.45. The topological polar surface area (TPSA) is 75.5 Å². The average molecular weight is 746 g/mol. The number of benzene rings is 5. The monoisotopic (exact) mass is 744 g/mol. The Labute approximate surface area is 302 Å². The van der Waals surface area contributed by atoms with Crippen LogP contribution in [-0.4, -0.2) is 47.0 Å². The lowest BCUT2D eigenvalue weighted by atomic mass is 9.77. The van der Waals surface area contributed by atoms with E-state index in [1.807, 2.05) is 116 Å². The first-order valence-electron chi connectivity index (χ1n) is 16.5. The summed E-state index contributed by atoms with van der Waals surface area (Å²) in [5.74, 6) is -0.156. The van der Waals surface area contributed by atoms with E-state index in [0.29, 0.717) is 17.8 Å². The number of aromatic nitrogens is 2. The zero-order valence-electron chi connectivity index (χ0n) is 27.6. The summed E-state index contributed by atoms with van der Waals surface area (Å²) < 4.78 is 30.9. The molecule has 50 heavy (non-hydrogen) atoms. The number of amides is 1. The number of fused-ring (bicyclic) bond motifs is 1. The van der Waals surface area contributed by atoms with Gasteiger partial charge in [-0.2, -0.15) is 4.31 Å². The van der Waals surface area contributed by atoms with Crippen LogP contribution < -0.4 is 4.90 Å². The highest BCUT2D eigenvalue weighted by atomic mass is 79.9. The molecule has 0 spiro atoms. The number of imidazole rings is 1. The minimum absolute atomic E-state index is 0.0356. The van der Waals surface area contributed by atoms with Gasteiger partial charge >= 0.3 is 0 Å². The van der Waals surface area contributed by atoms with E-state index in [9.17, 15) is 13.2 Å². The maximum Gasteiger partial charge on any atom is 0.233 e. The molecule has 0 radical (unpaired) electrons. The summed E-state index contributed by atoms with van der Waals surface area (Å²) in [6, 6.07) is 46.0. The van der Waals surface area contributed by atoms with Crippen molar-refractivity contribution in [2.45, 2.75) is 31.0 Å². The Balaban J connectivity index is 1.29. The van der Waals surface area contributed by atoms with Gasteiger partial charge in [-0.1, -0.05) is 137 Å². The van der Waals surface area contributed by atoms with Crippen LogP contribution in [0.1, 0.15) is 33.5 Å². The molecule has 1 aromatic heterocycles. The van der Waals surface area contributed by atoms with Crippen LogP contribution in [0.4, 0.5) is 5.69 Å². The summed E-state index contributed by atoms with van der Waals surface area (Å²) in [6.45, 7) is 0.370. The van der Waals surface area contributed by atoms with Gasteiger partial charge in [-0.05, 0) is 52.4 Å². The summed E-state index contributed by atoms with van der Waals surface area (Å²) in [5, 5.41) is 0. The summed E-state index contributed by atoms with van der Waals surface area (Å²) in [7, 11) is -3.61. The van der Waals surface area contributed by atoms with Crippen LogP contribution >= 0.6 is 15.9 Å². The SMILES string of the molecule is CS(=O)(=O)N1Cc2cc(Br)ccc2N(C(=O)Cc2cn(C(c3ccccc3)(c3ccccc3)c3ccccc3)cn2)C[C@H]1Cc1ccccc1. The Morgan fingerprint density at radius 2 is 1.34 bits per heavy atom. The van der Waals surface area contributed by atoms with E-state index in [1.54, 1.807) is 4.90 Å². The first-order chi connectivity index (χ1) is 24.2. The van der Waals surface area contributed by atoms with Gasteiger partial charge in [0, 0.05) is 35.5 Å². The van der Waals surface area contributed by atoms with Crippen LogP contribution in [-0.2, 0) is 39.7 Å². The van der Waals surface area contributed by atoms with Gasteiger partial charge in [0.1, 0.15) is 5.54 Å². The summed E-state index contributed by atoms with van der Waals surface area (Å²) >= 11 is 3.56. The molecule has 2 heterocycles. The van der Waals surface area contributed by atoms with Crippen LogP contribution in [0.3, 0.4) is 0 Å². The molecule has 0 aliphatic carbocycles. The Kier molecular flexibility index (Phi) is 9.55. The smallest absolute Gasteiger partial charge is 0.233 e. The molecule has 0 bridgehead atoms. The number of carbonyl (C=O) groups excluding carboxylic acids is 1. The molecule has 0 N–H and O–H groups in total. The van der Waals surface area contributed by atoms with Gasteiger partial charge in [0.2, 0.25) is 15.9 Å². The number of carbonyl (C=O) groups is 1. The van der Waals surface area contributed by atoms with Crippen molar-refractivity contribution in [3.05, 3.63) is 190 Å². The molecule has 7 rings (SSSR count). The van der Waals surface area contributed by atoms with Crippen molar-refractivity contribution in [2.24, 2.45) is 0 Å². The van der Waals surface area contributed by atoms with Crippen molar-refractivity contribution in [3.63, 3.8) is 0 Å². The van der Waals surface area contributed by atoms with Gasteiger partial charge in [-0.3, -0.25) is 4.79 Å². The summed E-state index contributed by atoms with van der Waals surface area (Å²) in [4.78, 5) is 21.1. The van der Waals surface area contributed by atoms with Crippen molar-refractivity contribution in [1.82, 2.24) is 13.9 Å². The fourth-order valence-corrected chi connectivity index (χ4v) is 8.66. The van der Waals surface area contributed by atoms with E-state index in [4.69, 9.17) is 4.98 Å². The van der Waals surface area contributed by atoms with Gasteiger partial charge in [0.05, 0.1) is 24.7 Å². The highest BCUT2D eigenvalue weighted by Crippen LogP contribution is 2.41. The standard InChI is InChI=1S/C41H37BrN4O3S/c1-50(48,49)46-27-32-25-36(42)22-23-39(32)45(29-38(46)24-31-14-6-2-7-15-31)40(47)26-37-28-44(30-43-37)41(33-16-8-3-9-17-33,34-18-10-4-11-19-34)35-20-12-5-13-21-35/h2-23,25,28,30,38H,24,26-27,29H2,1H3/t38-/m1/s1. The molecule has 7 nitrogen and oxygen atoms in total. The van der Waals surface area contributed by atoms with Crippen LogP contribution in [0.2, 0.25) is 0 Å². The second-order valence-electron chi connectivity index (χ2n) is 12.7. The van der Waals surface area contributed by atoms with E-state index in [2.05, 4.69) is 56.9 Å². The Hall–Kier alpha value is -4.83. The Morgan fingerprint density at radius 1 is 0.800 bits per heavy atom. The molecule has 5 aromatic carbocycles. The number of halogens is 1. The second kappa shape index (κ2) is 14.2. The fourth-order valence-electron chi connectivity index (χ4n) is 7.19. The normalized spacial score (nSPS) is 15.3. The van der Waals surface area contributed by atoms with Crippen LogP contribution in [0, 0.1) is 0 Å². The Morgan fingerprint density at radius 3 is 1.88 bits per heavy atom. The molecule has 6 aromatic rings. The van der Waals surface area contributed by atoms with Crippen LogP contribution in [0.15, 0.2) is 157 Å². The first-order valence-corrected chi connectivity index (χ1v) is 19.2. The molecule has 1 aliphatic heterocycles. The molecule has 1 aliphatic rings. The van der Waals surface area contributed by atoms with Crippen molar-refractivity contribution in [2.75, 3.05) is 17.7 Å². The van der Waals surface area contributed by atoms with Gasteiger partial charge in [0.25, 0.3) is 0 Å². The fraction of sp³-hybridized carbons (Fsp3) is 0.171. The quantitative estimate of drug-likeness (QED) is 0.144. The number of rotatable bonds is 9. The van der Waals surface area contributed by atoms with E-state index in [-0.39, 0.29) is 25.4 Å². The van der Waals surface area contributed by atoms with Gasteiger partial charge in [-0.15, -0.1) is 0 Å². The van der Waals surface area contributed by atoms with Crippen LogP contribution in [0.5, 0.6) is 0 Å². The molecule has 1 amide bonds. The van der Waals surface area contributed by atoms with Crippen LogP contribution in [0.25, 0.3) is 0 Å². The maximum absolute atomic E-state index is 14.5. The lowest BCUT2D eigenvalue weighted by Gasteiger charge is -2.37. The number of hydrogen-bond acceptors (Lipinski definition) is 4. The molecular formula is C41H37BrN4O3S. The van der Waals surface area contributed by atoms with Gasteiger partial charge in [0.15, 0.2) is 0 Å². The first kappa shape index (κ1) is 33.7. The summed E-state index contributed by atoms with van der Waals surface area (Å²) in [5.41, 5.74) is 5.51. The molecule has 0 unspecified atom stereocenters. The molecule has 0 fully saturated rings. The predicted molar refractivity (Wildman–Crippen MR) is 201 cm³/mol. The molecule has 252 valence electrons. The lowest BCUT2D eigenvalue weighted by Crippen LogP contribution is -2.47. The van der Waals surface area contributed by atoms with Crippen molar-refractivity contribution < 1.29 is 13.2 Å². The number of sulfonamides is 1. The number of anilines is 1. The second-order valence-corrected chi connectivity index (χ2v) is 15.5. The molecule has 9 heteroatoms. The minimum Gasteiger partial charge on any atom is -0.319 e. The average Bonchev–Trinajstić information content (AvgIpc) is 3.52. The largest absolute Gasteiger partial charge is 0.319 e. The molecule has 0 saturated heterocycles.